The van der Waals surface area contributed by atoms with Crippen molar-refractivity contribution in [3.05, 3.63) is 64.3 Å². The van der Waals surface area contributed by atoms with Gasteiger partial charge in [-0.15, -0.1) is 0 Å². The Hall–Kier alpha value is -2.47. The van der Waals surface area contributed by atoms with Crippen LogP contribution >= 0.6 is 11.8 Å². The van der Waals surface area contributed by atoms with Crippen molar-refractivity contribution in [3.63, 3.8) is 0 Å². The van der Waals surface area contributed by atoms with E-state index in [1.807, 2.05) is 31.2 Å². The van der Waals surface area contributed by atoms with Gasteiger partial charge in [-0.25, -0.2) is 4.39 Å². The van der Waals surface area contributed by atoms with Gasteiger partial charge < -0.3 is 15.4 Å². The Kier molecular flexibility index (Phi) is 4.76. The number of halogens is 1. The fourth-order valence-corrected chi connectivity index (χ4v) is 3.33. The molecule has 0 aromatic heterocycles. The Labute approximate surface area is 144 Å². The van der Waals surface area contributed by atoms with Crippen LogP contribution in [0.3, 0.4) is 0 Å². The molecule has 0 spiro atoms. The third-order valence-electron chi connectivity index (χ3n) is 3.65. The van der Waals surface area contributed by atoms with Crippen molar-refractivity contribution in [3.8, 4) is 5.75 Å². The molecule has 1 atom stereocenters. The Balaban J connectivity index is 1.76. The summed E-state index contributed by atoms with van der Waals surface area (Å²) in [6, 6.07) is 12.1. The van der Waals surface area contributed by atoms with Crippen LogP contribution in [-0.4, -0.2) is 18.5 Å². The van der Waals surface area contributed by atoms with Gasteiger partial charge >= 0.3 is 0 Å². The summed E-state index contributed by atoms with van der Waals surface area (Å²) in [4.78, 5) is 12.7. The third-order valence-corrected chi connectivity index (χ3v) is 4.68. The Morgan fingerprint density at radius 1 is 1.29 bits per heavy atom. The zero-order valence-electron chi connectivity index (χ0n) is 13.3. The summed E-state index contributed by atoms with van der Waals surface area (Å²) in [5.41, 5.74) is 1.91. The van der Waals surface area contributed by atoms with Crippen LogP contribution in [-0.2, 0) is 4.79 Å². The van der Waals surface area contributed by atoms with E-state index in [0.29, 0.717) is 10.6 Å². The van der Waals surface area contributed by atoms with Gasteiger partial charge in [0.2, 0.25) is 0 Å². The smallest absolute Gasteiger partial charge is 0.260 e. The number of carbonyl (C=O) groups is 1. The molecule has 1 saturated heterocycles. The molecule has 0 aliphatic carbocycles. The van der Waals surface area contributed by atoms with Crippen LogP contribution in [0.2, 0.25) is 0 Å². The van der Waals surface area contributed by atoms with Crippen LogP contribution in [0.15, 0.2) is 47.4 Å². The zero-order valence-corrected chi connectivity index (χ0v) is 14.1. The molecule has 124 valence electrons. The maximum absolute atomic E-state index is 13.7. The molecule has 4 nitrogen and oxygen atoms in total. The molecule has 1 amide bonds. The highest BCUT2D eigenvalue weighted by Crippen LogP contribution is 2.31. The molecule has 0 radical (unpaired) electrons. The Morgan fingerprint density at radius 3 is 2.79 bits per heavy atom. The topological polar surface area (TPSA) is 50.4 Å². The number of para-hydroxylation sites is 1. The van der Waals surface area contributed by atoms with E-state index in [1.165, 1.54) is 17.8 Å². The van der Waals surface area contributed by atoms with E-state index in [-0.39, 0.29) is 11.7 Å². The van der Waals surface area contributed by atoms with E-state index in [2.05, 4.69) is 10.6 Å². The number of aryl methyl sites for hydroxylation is 1. The summed E-state index contributed by atoms with van der Waals surface area (Å²) in [5, 5.41) is 5.78. The number of carbonyl (C=O) groups excluding carboxylic acids is 1. The van der Waals surface area contributed by atoms with Crippen molar-refractivity contribution in [1.82, 2.24) is 5.32 Å². The van der Waals surface area contributed by atoms with E-state index >= 15 is 0 Å². The lowest BCUT2D eigenvalue weighted by Crippen LogP contribution is -2.31. The van der Waals surface area contributed by atoms with Gasteiger partial charge in [0, 0.05) is 0 Å². The summed E-state index contributed by atoms with van der Waals surface area (Å²) in [6.07, 6.45) is 1.83. The highest BCUT2D eigenvalue weighted by atomic mass is 32.2. The number of amides is 1. The van der Waals surface area contributed by atoms with Crippen LogP contribution in [0.1, 0.15) is 11.1 Å². The van der Waals surface area contributed by atoms with Crippen molar-refractivity contribution in [2.24, 2.45) is 0 Å². The minimum atomic E-state index is -0.404. The first-order valence-corrected chi connectivity index (χ1v) is 8.30. The molecular weight excluding hydrogens is 327 g/mol. The van der Waals surface area contributed by atoms with Gasteiger partial charge in [0.25, 0.3) is 5.91 Å². The lowest BCUT2D eigenvalue weighted by atomic mass is 10.1. The molecule has 3 rings (SSSR count). The van der Waals surface area contributed by atoms with Gasteiger partial charge in [0.05, 0.1) is 17.7 Å². The van der Waals surface area contributed by atoms with E-state index in [0.717, 1.165) is 16.9 Å². The zero-order chi connectivity index (χ0) is 17.1. The maximum Gasteiger partial charge on any atom is 0.260 e. The molecular formula is C18H17FN2O2S. The first kappa shape index (κ1) is 16.4. The molecule has 0 saturated carbocycles. The minimum absolute atomic E-state index is 0.177. The van der Waals surface area contributed by atoms with Crippen LogP contribution in [0, 0.1) is 12.7 Å². The van der Waals surface area contributed by atoms with Gasteiger partial charge in [-0.05, 0) is 48.4 Å². The first-order valence-electron chi connectivity index (χ1n) is 7.42. The Morgan fingerprint density at radius 2 is 2.08 bits per heavy atom. The molecule has 1 unspecified atom stereocenters. The predicted octanol–water partition coefficient (Wildman–Crippen LogP) is 3.74. The van der Waals surface area contributed by atoms with Gasteiger partial charge in [0.15, 0.2) is 5.50 Å². The summed E-state index contributed by atoms with van der Waals surface area (Å²) in [5.74, 6) is 0.247. The second-order valence-electron chi connectivity index (χ2n) is 5.33. The van der Waals surface area contributed by atoms with Crippen molar-refractivity contribution in [2.75, 3.05) is 12.4 Å². The second-order valence-corrected chi connectivity index (χ2v) is 6.47. The highest BCUT2D eigenvalue weighted by Gasteiger charge is 2.27. The summed E-state index contributed by atoms with van der Waals surface area (Å²) in [7, 11) is 1.62. The largest absolute Gasteiger partial charge is 0.497 e. The number of benzene rings is 2. The van der Waals surface area contributed by atoms with Crippen LogP contribution in [0.25, 0.3) is 6.08 Å². The predicted molar refractivity (Wildman–Crippen MR) is 95.3 cm³/mol. The summed E-state index contributed by atoms with van der Waals surface area (Å²) in [6.45, 7) is 1.96. The Bertz CT molecular complexity index is 807. The molecule has 1 fully saturated rings. The molecule has 1 aliphatic heterocycles. The molecule has 0 bridgehead atoms. The fraction of sp³-hybridized carbons (Fsp3) is 0.167. The molecule has 1 aliphatic rings. The number of hydrogen-bond donors (Lipinski definition) is 2. The molecule has 6 heteroatoms. The average molecular weight is 344 g/mol. The van der Waals surface area contributed by atoms with Gasteiger partial charge in [0.1, 0.15) is 11.6 Å². The number of anilines is 1. The van der Waals surface area contributed by atoms with Crippen LogP contribution in [0.5, 0.6) is 5.75 Å². The number of rotatable bonds is 4. The molecule has 1 heterocycles. The van der Waals surface area contributed by atoms with Crippen molar-refractivity contribution < 1.29 is 13.9 Å². The number of ether oxygens (including phenoxy) is 1. The standard InChI is InChI=1S/C18H17FN2O2S/c1-11-9-13(23-2)8-7-12(11)10-16-17(22)21-18(24-16)20-15-6-4-3-5-14(15)19/h3-10,18,20H,1-2H3,(H,21,22)/b16-10-. The maximum atomic E-state index is 13.7. The van der Waals surface area contributed by atoms with E-state index in [1.54, 1.807) is 25.3 Å². The van der Waals surface area contributed by atoms with Gasteiger partial charge in [-0.1, -0.05) is 30.0 Å². The minimum Gasteiger partial charge on any atom is -0.497 e. The molecule has 2 aromatic rings. The highest BCUT2D eigenvalue weighted by molar-refractivity contribution is 8.05. The quantitative estimate of drug-likeness (QED) is 0.830. The van der Waals surface area contributed by atoms with E-state index in [4.69, 9.17) is 4.74 Å². The molecule has 2 N–H and O–H groups in total. The number of nitrogens with one attached hydrogen (secondary N) is 2. The van der Waals surface area contributed by atoms with Gasteiger partial charge in [-0.2, -0.15) is 0 Å². The second kappa shape index (κ2) is 6.97. The first-order chi connectivity index (χ1) is 11.6. The van der Waals surface area contributed by atoms with Crippen LogP contribution < -0.4 is 15.4 Å². The number of hydrogen-bond acceptors (Lipinski definition) is 4. The fourth-order valence-electron chi connectivity index (χ4n) is 2.36. The average Bonchev–Trinajstić information content (AvgIpc) is 2.91. The summed E-state index contributed by atoms with van der Waals surface area (Å²) < 4.78 is 18.9. The number of thioether (sulfide) groups is 1. The van der Waals surface area contributed by atoms with E-state index in [9.17, 15) is 9.18 Å². The molecule has 2 aromatic carbocycles. The van der Waals surface area contributed by atoms with Gasteiger partial charge in [-0.3, -0.25) is 4.79 Å². The molecule has 24 heavy (non-hydrogen) atoms. The van der Waals surface area contributed by atoms with Crippen molar-refractivity contribution in [1.29, 1.82) is 0 Å². The van der Waals surface area contributed by atoms with Crippen molar-refractivity contribution in [2.45, 2.75) is 12.4 Å². The SMILES string of the molecule is COc1ccc(/C=C2\SC(Nc3ccccc3F)NC2=O)c(C)c1. The lowest BCUT2D eigenvalue weighted by molar-refractivity contribution is -0.116. The van der Waals surface area contributed by atoms with Crippen LogP contribution in [0.4, 0.5) is 10.1 Å². The number of methoxy groups -OCH3 is 1. The lowest BCUT2D eigenvalue weighted by Gasteiger charge is -2.13. The van der Waals surface area contributed by atoms with Crippen molar-refractivity contribution >= 4 is 29.4 Å². The summed E-state index contributed by atoms with van der Waals surface area (Å²) >= 11 is 1.33. The normalized spacial score (nSPS) is 18.5. The van der Waals surface area contributed by atoms with E-state index < -0.39 is 5.50 Å². The monoisotopic (exact) mass is 344 g/mol. The third kappa shape index (κ3) is 3.54.